The molecule has 0 spiro atoms. The van der Waals surface area contributed by atoms with Gasteiger partial charge in [0.2, 0.25) is 0 Å². The summed E-state index contributed by atoms with van der Waals surface area (Å²) in [6, 6.07) is 15.0. The van der Waals surface area contributed by atoms with E-state index in [0.717, 1.165) is 33.5 Å². The number of nitrogens with zero attached hydrogens (tertiary/aromatic N) is 2. The van der Waals surface area contributed by atoms with Crippen LogP contribution in [0.15, 0.2) is 79.9 Å². The van der Waals surface area contributed by atoms with Crippen molar-refractivity contribution in [1.82, 2.24) is 5.32 Å². The second kappa shape index (κ2) is 11.8. The Morgan fingerprint density at radius 3 is 2.55 bits per heavy atom. The fourth-order valence-corrected chi connectivity index (χ4v) is 6.14. The van der Waals surface area contributed by atoms with Gasteiger partial charge in [0.1, 0.15) is 4.90 Å². The number of ether oxygens (including phenoxy) is 1. The maximum absolute atomic E-state index is 12.9. The molecular weight excluding hydrogens is 713 g/mol. The number of para-hydroxylation sites is 1. The van der Waals surface area contributed by atoms with Crippen LogP contribution in [-0.2, 0) is 14.9 Å². The first-order chi connectivity index (χ1) is 18.1. The number of carbonyl (C=O) groups excluding carboxylic acids is 1. The summed E-state index contributed by atoms with van der Waals surface area (Å²) in [5, 5.41) is 14.0. The number of benzene rings is 3. The number of halogens is 2. The van der Waals surface area contributed by atoms with Crippen LogP contribution in [0.5, 0.6) is 11.5 Å². The minimum absolute atomic E-state index is 0.100. The number of hydrogen-bond acceptors (Lipinski definition) is 9. The summed E-state index contributed by atoms with van der Waals surface area (Å²) in [5.74, 6) is -0.304. The fraction of sp³-hybridized carbons (Fsp3) is 0.0833. The van der Waals surface area contributed by atoms with E-state index in [1.807, 2.05) is 24.3 Å². The lowest BCUT2D eigenvalue weighted by molar-refractivity contribution is -0.384. The van der Waals surface area contributed by atoms with Crippen LogP contribution >= 0.6 is 50.3 Å². The van der Waals surface area contributed by atoms with Gasteiger partial charge in [-0.3, -0.25) is 14.9 Å². The van der Waals surface area contributed by atoms with Crippen LogP contribution in [0.4, 0.5) is 11.4 Å². The lowest BCUT2D eigenvalue weighted by atomic mass is 10.2. The molecule has 0 unspecified atom stereocenters. The summed E-state index contributed by atoms with van der Waals surface area (Å²) in [6.07, 6.45) is 1.63. The van der Waals surface area contributed by atoms with Crippen LogP contribution in [0.25, 0.3) is 6.08 Å². The third kappa shape index (κ3) is 6.54. The number of amides is 1. The zero-order valence-corrected chi connectivity index (χ0v) is 24.8. The quantitative estimate of drug-likeness (QED) is 0.0978. The van der Waals surface area contributed by atoms with E-state index in [9.17, 15) is 23.3 Å². The van der Waals surface area contributed by atoms with Gasteiger partial charge in [-0.25, -0.2) is 4.99 Å². The Hall–Kier alpha value is -2.95. The molecule has 1 aliphatic heterocycles. The van der Waals surface area contributed by atoms with Gasteiger partial charge >= 0.3 is 10.1 Å². The van der Waals surface area contributed by atoms with Crippen molar-refractivity contribution in [3.63, 3.8) is 0 Å². The SMILES string of the molecule is CCOc1cc(/C=C2/SC(=Nc3ccccc3I)NC2=O)cc(Br)c1OS(=O)(=O)c1ccc([N+](=O)[O-])cc1. The summed E-state index contributed by atoms with van der Waals surface area (Å²) >= 11 is 6.67. The summed E-state index contributed by atoms with van der Waals surface area (Å²) in [4.78, 5) is 27.4. The molecule has 3 aromatic rings. The molecule has 0 aromatic heterocycles. The van der Waals surface area contributed by atoms with Gasteiger partial charge in [-0.1, -0.05) is 12.1 Å². The van der Waals surface area contributed by atoms with Crippen LogP contribution in [0, 0.1) is 13.7 Å². The molecule has 14 heteroatoms. The average Bonchev–Trinajstić information content (AvgIpc) is 3.21. The number of non-ortho nitro benzene ring substituents is 1. The van der Waals surface area contributed by atoms with Crippen LogP contribution in [-0.4, -0.2) is 31.0 Å². The third-order valence-corrected chi connectivity index (χ3v) is 8.53. The Morgan fingerprint density at radius 1 is 1.18 bits per heavy atom. The molecule has 1 amide bonds. The Kier molecular flexibility index (Phi) is 8.74. The zero-order chi connectivity index (χ0) is 27.4. The molecule has 38 heavy (non-hydrogen) atoms. The second-order valence-corrected chi connectivity index (χ2v) is 12.1. The predicted octanol–water partition coefficient (Wildman–Crippen LogP) is 6.02. The predicted molar refractivity (Wildman–Crippen MR) is 156 cm³/mol. The van der Waals surface area contributed by atoms with Gasteiger partial charge in [0.15, 0.2) is 16.7 Å². The number of rotatable bonds is 8. The smallest absolute Gasteiger partial charge is 0.339 e. The van der Waals surface area contributed by atoms with Crippen LogP contribution in [0.3, 0.4) is 0 Å². The van der Waals surface area contributed by atoms with E-state index in [1.165, 1.54) is 11.8 Å². The van der Waals surface area contributed by atoms with Crippen LogP contribution in [0.1, 0.15) is 12.5 Å². The van der Waals surface area contributed by atoms with Crippen molar-refractivity contribution in [3.8, 4) is 11.5 Å². The molecule has 1 heterocycles. The van der Waals surface area contributed by atoms with Crippen LogP contribution in [0.2, 0.25) is 0 Å². The van der Waals surface area contributed by atoms with Gasteiger partial charge in [-0.15, -0.1) is 0 Å². The number of nitro benzene ring substituents is 1. The molecule has 10 nitrogen and oxygen atoms in total. The first-order valence-electron chi connectivity index (χ1n) is 10.8. The average molecular weight is 730 g/mol. The number of hydrogen-bond donors (Lipinski definition) is 1. The number of nitrogens with one attached hydrogen (secondary N) is 1. The standard InChI is InChI=1S/C24H17BrIN3O7S2/c1-2-35-20-12-14(13-21-23(30)28-24(37-21)27-19-6-4-3-5-18(19)26)11-17(25)22(20)36-38(33,34)16-9-7-15(8-10-16)29(31)32/h3-13H,2H2,1H3,(H,27,28,30)/b21-13+. The topological polar surface area (TPSA) is 137 Å². The summed E-state index contributed by atoms with van der Waals surface area (Å²) in [6.45, 7) is 1.93. The van der Waals surface area contributed by atoms with Gasteiger partial charge in [-0.2, -0.15) is 8.42 Å². The highest BCUT2D eigenvalue weighted by Crippen LogP contribution is 2.40. The first kappa shape index (κ1) is 28.1. The monoisotopic (exact) mass is 729 g/mol. The maximum atomic E-state index is 12.9. The number of thioether (sulfide) groups is 1. The van der Waals surface area contributed by atoms with E-state index < -0.39 is 15.0 Å². The number of nitro groups is 1. The lowest BCUT2D eigenvalue weighted by Gasteiger charge is -2.14. The summed E-state index contributed by atoms with van der Waals surface area (Å²) < 4.78 is 37.9. The Balaban J connectivity index is 1.62. The molecule has 4 rings (SSSR count). The largest absolute Gasteiger partial charge is 0.490 e. The lowest BCUT2D eigenvalue weighted by Crippen LogP contribution is -2.19. The molecule has 1 N–H and O–H groups in total. The second-order valence-electron chi connectivity index (χ2n) is 7.48. The molecule has 0 saturated carbocycles. The van der Waals surface area contributed by atoms with Crippen molar-refractivity contribution in [2.75, 3.05) is 6.61 Å². The molecule has 0 aliphatic carbocycles. The van der Waals surface area contributed by atoms with E-state index in [-0.39, 0.29) is 39.1 Å². The van der Waals surface area contributed by atoms with Gasteiger partial charge in [0, 0.05) is 15.7 Å². The highest BCUT2D eigenvalue weighted by atomic mass is 127. The first-order valence-corrected chi connectivity index (χ1v) is 14.9. The Bertz CT molecular complexity index is 1590. The third-order valence-electron chi connectivity index (χ3n) is 4.88. The minimum atomic E-state index is -4.34. The molecule has 1 aliphatic rings. The minimum Gasteiger partial charge on any atom is -0.490 e. The van der Waals surface area contributed by atoms with E-state index in [2.05, 4.69) is 48.8 Å². The van der Waals surface area contributed by atoms with E-state index in [4.69, 9.17) is 8.92 Å². The highest BCUT2D eigenvalue weighted by Gasteiger charge is 2.26. The van der Waals surface area contributed by atoms with Gasteiger partial charge in [-0.05, 0) is 105 Å². The van der Waals surface area contributed by atoms with E-state index in [1.54, 1.807) is 25.1 Å². The van der Waals surface area contributed by atoms with Crippen molar-refractivity contribution < 1.29 is 27.1 Å². The molecule has 1 saturated heterocycles. The summed E-state index contributed by atoms with van der Waals surface area (Å²) in [5.41, 5.74) is 1.03. The summed E-state index contributed by atoms with van der Waals surface area (Å²) in [7, 11) is -4.34. The Morgan fingerprint density at radius 2 is 1.89 bits per heavy atom. The molecule has 1 fully saturated rings. The molecule has 0 radical (unpaired) electrons. The molecule has 0 atom stereocenters. The molecule has 0 bridgehead atoms. The molecule has 3 aromatic carbocycles. The highest BCUT2D eigenvalue weighted by molar-refractivity contribution is 14.1. The van der Waals surface area contributed by atoms with Crippen molar-refractivity contribution in [3.05, 3.63) is 89.3 Å². The van der Waals surface area contributed by atoms with Crippen molar-refractivity contribution in [2.24, 2.45) is 4.99 Å². The fourth-order valence-electron chi connectivity index (χ4n) is 3.19. The van der Waals surface area contributed by atoms with E-state index >= 15 is 0 Å². The van der Waals surface area contributed by atoms with Gasteiger partial charge < -0.3 is 14.2 Å². The number of amidine groups is 1. The van der Waals surface area contributed by atoms with Crippen molar-refractivity contribution >= 4 is 88.9 Å². The number of aliphatic imine (C=N–C) groups is 1. The van der Waals surface area contributed by atoms with Crippen molar-refractivity contribution in [1.29, 1.82) is 0 Å². The molecule has 196 valence electrons. The number of carbonyl (C=O) groups is 1. The van der Waals surface area contributed by atoms with Crippen molar-refractivity contribution in [2.45, 2.75) is 11.8 Å². The van der Waals surface area contributed by atoms with Gasteiger partial charge in [0.25, 0.3) is 11.6 Å². The van der Waals surface area contributed by atoms with Crippen LogP contribution < -0.4 is 14.2 Å². The maximum Gasteiger partial charge on any atom is 0.339 e. The Labute approximate surface area is 244 Å². The van der Waals surface area contributed by atoms with Gasteiger partial charge in [0.05, 0.1) is 26.6 Å². The zero-order valence-electron chi connectivity index (χ0n) is 19.4. The normalized spacial score (nSPS) is 15.5. The molecular formula is C24H17BrIN3O7S2. The van der Waals surface area contributed by atoms with E-state index in [0.29, 0.717) is 15.6 Å².